The van der Waals surface area contributed by atoms with Crippen molar-refractivity contribution in [2.24, 2.45) is 0 Å². The van der Waals surface area contributed by atoms with Gasteiger partial charge in [0.25, 0.3) is 0 Å². The zero-order valence-electron chi connectivity index (χ0n) is 20.1. The van der Waals surface area contributed by atoms with E-state index in [2.05, 4.69) is 10.3 Å². The highest BCUT2D eigenvalue weighted by atomic mass is 19.2. The van der Waals surface area contributed by atoms with Crippen LogP contribution in [0.25, 0.3) is 11.3 Å². The molecule has 2 aliphatic heterocycles. The SMILES string of the molecule is COC(=O)[C@@H]1O[C@@H]2CO[C@H](c3ccccc3)O[C@@H]2[C@H](n2cc(-c3cc(F)c(F)c(F)c3)nn2)[C@H]1OC(C)=O. The molecule has 0 spiro atoms. The predicted molar refractivity (Wildman–Crippen MR) is 121 cm³/mol. The summed E-state index contributed by atoms with van der Waals surface area (Å²) in [6.07, 6.45) is -3.85. The van der Waals surface area contributed by atoms with Gasteiger partial charge in [0.2, 0.25) is 0 Å². The molecule has 13 heteroatoms. The third-order valence-corrected chi connectivity index (χ3v) is 6.25. The average Bonchev–Trinajstić information content (AvgIpc) is 3.40. The van der Waals surface area contributed by atoms with E-state index in [1.807, 2.05) is 18.2 Å². The van der Waals surface area contributed by atoms with Crippen molar-refractivity contribution < 1.29 is 46.4 Å². The van der Waals surface area contributed by atoms with Crippen molar-refractivity contribution in [3.8, 4) is 11.3 Å². The molecule has 10 nitrogen and oxygen atoms in total. The van der Waals surface area contributed by atoms with Crippen LogP contribution >= 0.6 is 0 Å². The van der Waals surface area contributed by atoms with Gasteiger partial charge in [0.1, 0.15) is 23.9 Å². The fourth-order valence-electron chi connectivity index (χ4n) is 4.57. The molecule has 3 aromatic rings. The number of aromatic nitrogens is 3. The molecular formula is C25H22F3N3O7. The third-order valence-electron chi connectivity index (χ3n) is 6.25. The molecule has 2 saturated heterocycles. The van der Waals surface area contributed by atoms with Gasteiger partial charge in [-0.1, -0.05) is 35.5 Å². The Morgan fingerprint density at radius 2 is 1.79 bits per heavy atom. The quantitative estimate of drug-likeness (QED) is 0.361. The van der Waals surface area contributed by atoms with Gasteiger partial charge in [0.05, 0.1) is 19.9 Å². The fourth-order valence-corrected chi connectivity index (χ4v) is 4.57. The molecule has 0 aliphatic carbocycles. The standard InChI is InChI=1S/C25H22F3N3O7/c1-12(32)36-22-20(31-10-17(29-30-31)14-8-15(26)19(28)16(27)9-14)21-18(37-23(22)24(33)34-2)11-35-25(38-21)13-6-4-3-5-7-13/h3-10,18,20-23,25H,11H2,1-2H3/t18-,20+,21+,22-,23-,25+/m1/s1. The van der Waals surface area contributed by atoms with Crippen molar-refractivity contribution in [1.82, 2.24) is 15.0 Å². The zero-order chi connectivity index (χ0) is 27.0. The Morgan fingerprint density at radius 1 is 1.08 bits per heavy atom. The van der Waals surface area contributed by atoms with Crippen molar-refractivity contribution in [2.75, 3.05) is 13.7 Å². The van der Waals surface area contributed by atoms with Crippen molar-refractivity contribution in [1.29, 1.82) is 0 Å². The van der Waals surface area contributed by atoms with Crippen LogP contribution in [0.4, 0.5) is 13.2 Å². The summed E-state index contributed by atoms with van der Waals surface area (Å²) in [7, 11) is 1.15. The number of fused-ring (bicyclic) bond motifs is 1. The second-order valence-corrected chi connectivity index (χ2v) is 8.70. The molecule has 6 atom stereocenters. The number of nitrogens with zero attached hydrogens (tertiary/aromatic N) is 3. The van der Waals surface area contributed by atoms with Crippen LogP contribution in [0.5, 0.6) is 0 Å². The number of carbonyl (C=O) groups is 2. The van der Waals surface area contributed by atoms with Crippen LogP contribution in [-0.4, -0.2) is 65.1 Å². The van der Waals surface area contributed by atoms with E-state index >= 15 is 0 Å². The van der Waals surface area contributed by atoms with E-state index < -0.39 is 66.1 Å². The molecule has 0 amide bonds. The van der Waals surface area contributed by atoms with Crippen molar-refractivity contribution in [2.45, 2.75) is 43.7 Å². The first-order valence-corrected chi connectivity index (χ1v) is 11.6. The molecule has 3 heterocycles. The normalized spacial score (nSPS) is 26.9. The Kier molecular flexibility index (Phi) is 7.15. The number of hydrogen-bond donors (Lipinski definition) is 0. The van der Waals surface area contributed by atoms with Gasteiger partial charge in [-0.3, -0.25) is 4.79 Å². The Balaban J connectivity index is 1.56. The summed E-state index contributed by atoms with van der Waals surface area (Å²) in [4.78, 5) is 24.7. The second-order valence-electron chi connectivity index (χ2n) is 8.70. The van der Waals surface area contributed by atoms with Gasteiger partial charge in [-0.15, -0.1) is 5.10 Å². The first-order valence-electron chi connectivity index (χ1n) is 11.6. The second kappa shape index (κ2) is 10.5. The Hall–Kier alpha value is -3.81. The summed E-state index contributed by atoms with van der Waals surface area (Å²) in [5, 5.41) is 8.04. The van der Waals surface area contributed by atoms with E-state index in [9.17, 15) is 22.8 Å². The first kappa shape index (κ1) is 25.8. The number of benzene rings is 2. The molecule has 0 bridgehead atoms. The molecule has 0 saturated carbocycles. The Bertz CT molecular complexity index is 1320. The van der Waals surface area contributed by atoms with E-state index in [-0.39, 0.29) is 17.9 Å². The number of hydrogen-bond acceptors (Lipinski definition) is 9. The van der Waals surface area contributed by atoms with Crippen LogP contribution in [-0.2, 0) is 33.3 Å². The van der Waals surface area contributed by atoms with E-state index in [0.717, 1.165) is 26.2 Å². The third kappa shape index (κ3) is 4.87. The lowest BCUT2D eigenvalue weighted by Gasteiger charge is -2.48. The number of esters is 2. The monoisotopic (exact) mass is 533 g/mol. The molecule has 5 rings (SSSR count). The fraction of sp³-hybridized carbons (Fsp3) is 0.360. The van der Waals surface area contributed by atoms with E-state index in [0.29, 0.717) is 5.56 Å². The maximum absolute atomic E-state index is 13.9. The van der Waals surface area contributed by atoms with E-state index in [1.54, 1.807) is 12.1 Å². The first-order chi connectivity index (χ1) is 18.3. The number of halogens is 3. The van der Waals surface area contributed by atoms with E-state index in [1.165, 1.54) is 10.9 Å². The van der Waals surface area contributed by atoms with Crippen LogP contribution < -0.4 is 0 Å². The lowest BCUT2D eigenvalue weighted by Crippen LogP contribution is -2.62. The number of ether oxygens (including phenoxy) is 5. The number of methoxy groups -OCH3 is 1. The van der Waals surface area contributed by atoms with Gasteiger partial charge in [-0.05, 0) is 12.1 Å². The Labute approximate surface area is 214 Å². The summed E-state index contributed by atoms with van der Waals surface area (Å²) in [5.74, 6) is -5.95. The van der Waals surface area contributed by atoms with Crippen molar-refractivity contribution in [3.63, 3.8) is 0 Å². The summed E-state index contributed by atoms with van der Waals surface area (Å²) >= 11 is 0. The maximum Gasteiger partial charge on any atom is 0.339 e. The summed E-state index contributed by atoms with van der Waals surface area (Å²) < 4.78 is 70.8. The summed E-state index contributed by atoms with van der Waals surface area (Å²) in [5.41, 5.74) is 0.619. The number of rotatable bonds is 5. The van der Waals surface area contributed by atoms with Crippen LogP contribution in [0.15, 0.2) is 48.7 Å². The lowest BCUT2D eigenvalue weighted by atomic mass is 9.91. The number of carbonyl (C=O) groups excluding carboxylic acids is 2. The van der Waals surface area contributed by atoms with E-state index in [4.69, 9.17) is 23.7 Å². The van der Waals surface area contributed by atoms with Crippen LogP contribution in [0.3, 0.4) is 0 Å². The smallest absolute Gasteiger partial charge is 0.339 e. The molecule has 2 fully saturated rings. The molecule has 2 aliphatic rings. The van der Waals surface area contributed by atoms with Gasteiger partial charge in [0.15, 0.2) is 35.9 Å². The van der Waals surface area contributed by atoms with Crippen molar-refractivity contribution in [3.05, 3.63) is 71.7 Å². The van der Waals surface area contributed by atoms with Crippen LogP contribution in [0.2, 0.25) is 0 Å². The minimum atomic E-state index is -1.62. The molecule has 2 aromatic carbocycles. The minimum Gasteiger partial charge on any atom is -0.467 e. The molecule has 200 valence electrons. The van der Waals surface area contributed by atoms with Crippen LogP contribution in [0, 0.1) is 17.5 Å². The summed E-state index contributed by atoms with van der Waals surface area (Å²) in [6.45, 7) is 1.17. The highest BCUT2D eigenvalue weighted by molar-refractivity contribution is 5.76. The van der Waals surface area contributed by atoms with Gasteiger partial charge < -0.3 is 23.7 Å². The largest absolute Gasteiger partial charge is 0.467 e. The van der Waals surface area contributed by atoms with Gasteiger partial charge >= 0.3 is 11.9 Å². The maximum atomic E-state index is 13.9. The van der Waals surface area contributed by atoms with Crippen molar-refractivity contribution >= 4 is 11.9 Å². The molecule has 0 N–H and O–H groups in total. The van der Waals surface area contributed by atoms with Gasteiger partial charge in [-0.25, -0.2) is 22.6 Å². The Morgan fingerprint density at radius 3 is 2.45 bits per heavy atom. The molecule has 38 heavy (non-hydrogen) atoms. The molecule has 0 unspecified atom stereocenters. The summed E-state index contributed by atoms with van der Waals surface area (Å²) in [6, 6.07) is 9.59. The molecule has 1 aromatic heterocycles. The minimum absolute atomic E-state index is 0.00583. The molecular weight excluding hydrogens is 511 g/mol. The zero-order valence-corrected chi connectivity index (χ0v) is 20.1. The lowest BCUT2D eigenvalue weighted by molar-refractivity contribution is -0.315. The topological polar surface area (TPSA) is 111 Å². The van der Waals surface area contributed by atoms with Gasteiger partial charge in [-0.2, -0.15) is 0 Å². The predicted octanol–water partition coefficient (Wildman–Crippen LogP) is 2.89. The average molecular weight is 533 g/mol. The van der Waals surface area contributed by atoms with Crippen LogP contribution in [0.1, 0.15) is 24.8 Å². The highest BCUT2D eigenvalue weighted by Gasteiger charge is 2.55. The molecule has 0 radical (unpaired) electrons. The van der Waals surface area contributed by atoms with Gasteiger partial charge in [0, 0.05) is 18.1 Å². The highest BCUT2D eigenvalue weighted by Crippen LogP contribution is 2.41.